The smallest absolute Gasteiger partial charge is 0.407 e. The number of fused-ring (bicyclic) bond motifs is 1. The van der Waals surface area contributed by atoms with Gasteiger partial charge in [-0.25, -0.2) is 19.4 Å². The predicted molar refractivity (Wildman–Crippen MR) is 147 cm³/mol. The number of carbonyl (C=O) groups is 4. The Labute approximate surface area is 228 Å². The van der Waals surface area contributed by atoms with Crippen molar-refractivity contribution in [3.8, 4) is 0 Å². The first-order valence-corrected chi connectivity index (χ1v) is 12.7. The number of hydrogen-bond acceptors (Lipinski definition) is 7. The van der Waals surface area contributed by atoms with Crippen molar-refractivity contribution in [2.24, 2.45) is 4.99 Å². The van der Waals surface area contributed by atoms with Gasteiger partial charge in [-0.15, -0.1) is 0 Å². The molecule has 0 aliphatic heterocycles. The fraction of sp³-hybridized carbons (Fsp3) is 0.556. The maximum absolute atomic E-state index is 13.0. The molecular formula is C27H40N6O6. The summed E-state index contributed by atoms with van der Waals surface area (Å²) in [6, 6.07) is 3.12. The summed E-state index contributed by atoms with van der Waals surface area (Å²) in [7, 11) is 1.53. The molecule has 1 aromatic heterocycles. The van der Waals surface area contributed by atoms with Gasteiger partial charge in [0.2, 0.25) is 0 Å². The number of alkyl carbamates (subject to hydrolysis) is 2. The van der Waals surface area contributed by atoms with E-state index in [4.69, 9.17) is 9.47 Å². The molecule has 12 heteroatoms. The minimum atomic E-state index is -0.657. The quantitative estimate of drug-likeness (QED) is 0.508. The van der Waals surface area contributed by atoms with Crippen molar-refractivity contribution in [2.45, 2.75) is 73.1 Å². The van der Waals surface area contributed by atoms with Gasteiger partial charge in [0.1, 0.15) is 16.9 Å². The van der Waals surface area contributed by atoms with Crippen molar-refractivity contribution < 1.29 is 28.7 Å². The Bertz CT molecular complexity index is 1300. The zero-order chi connectivity index (χ0) is 29.5. The summed E-state index contributed by atoms with van der Waals surface area (Å²) < 4.78 is 12.2. The minimum Gasteiger partial charge on any atom is -0.444 e. The van der Waals surface area contributed by atoms with Crippen LogP contribution in [0, 0.1) is 13.8 Å². The Kier molecular flexibility index (Phi) is 10.2. The monoisotopic (exact) mass is 544 g/mol. The molecule has 0 aliphatic carbocycles. The average molecular weight is 545 g/mol. The molecule has 0 saturated heterocycles. The molecule has 12 nitrogen and oxygen atoms in total. The third-order valence-corrected chi connectivity index (χ3v) is 5.37. The van der Waals surface area contributed by atoms with Gasteiger partial charge in [-0.2, -0.15) is 4.99 Å². The highest BCUT2D eigenvalue weighted by atomic mass is 16.6. The van der Waals surface area contributed by atoms with Crippen LogP contribution in [0.15, 0.2) is 17.1 Å². The van der Waals surface area contributed by atoms with E-state index in [0.29, 0.717) is 17.3 Å². The maximum atomic E-state index is 13.0. The number of nitrogens with zero attached hydrogens (tertiary/aromatic N) is 4. The van der Waals surface area contributed by atoms with Gasteiger partial charge in [0.25, 0.3) is 0 Å². The van der Waals surface area contributed by atoms with Crippen LogP contribution < -0.4 is 16.1 Å². The van der Waals surface area contributed by atoms with Crippen LogP contribution in [0.1, 0.15) is 63.2 Å². The van der Waals surface area contributed by atoms with Crippen LogP contribution in [-0.4, -0.2) is 76.8 Å². The summed E-state index contributed by atoms with van der Waals surface area (Å²) in [4.78, 5) is 59.0. The summed E-state index contributed by atoms with van der Waals surface area (Å²) in [6.45, 7) is 15.1. The molecule has 4 amide bonds. The summed E-state index contributed by atoms with van der Waals surface area (Å²) in [5, 5.41) is 5.28. The number of rotatable bonds is 7. The van der Waals surface area contributed by atoms with Gasteiger partial charge in [0.15, 0.2) is 11.8 Å². The van der Waals surface area contributed by atoms with Crippen LogP contribution in [0.5, 0.6) is 0 Å². The molecule has 0 radical (unpaired) electrons. The van der Waals surface area contributed by atoms with Crippen molar-refractivity contribution >= 4 is 35.5 Å². The first kappa shape index (κ1) is 31.3. The second-order valence-electron chi connectivity index (χ2n) is 11.2. The van der Waals surface area contributed by atoms with Crippen LogP contribution >= 0.6 is 0 Å². The van der Waals surface area contributed by atoms with E-state index in [0.717, 1.165) is 11.1 Å². The van der Waals surface area contributed by atoms with E-state index >= 15 is 0 Å². The molecule has 0 fully saturated rings. The normalized spacial score (nSPS) is 12.2. The topological polar surface area (TPSA) is 144 Å². The van der Waals surface area contributed by atoms with E-state index in [1.165, 1.54) is 11.9 Å². The van der Waals surface area contributed by atoms with Crippen molar-refractivity contribution in [3.05, 3.63) is 34.4 Å². The number of aromatic nitrogens is 2. The number of benzene rings is 1. The number of aryl methyl sites for hydroxylation is 2. The number of ether oxygens (including phenoxy) is 2. The molecule has 0 spiro atoms. The molecule has 0 bridgehead atoms. The Morgan fingerprint density at radius 1 is 0.974 bits per heavy atom. The van der Waals surface area contributed by atoms with Gasteiger partial charge in [-0.3, -0.25) is 4.79 Å². The molecule has 39 heavy (non-hydrogen) atoms. The number of hydrogen-bond donors (Lipinski definition) is 2. The van der Waals surface area contributed by atoms with Gasteiger partial charge < -0.3 is 29.6 Å². The first-order chi connectivity index (χ1) is 18.0. The van der Waals surface area contributed by atoms with E-state index < -0.39 is 29.4 Å². The van der Waals surface area contributed by atoms with Crippen LogP contribution in [0.3, 0.4) is 0 Å². The fourth-order valence-corrected chi connectivity index (χ4v) is 3.44. The molecule has 0 saturated carbocycles. The van der Waals surface area contributed by atoms with Gasteiger partial charge in [0.05, 0.1) is 11.0 Å². The SMILES string of the molecule is Cc1cc2nc(C=O)/c(=N\C(=O)N(C)CCNC(=O)OC(C)(C)C)n(CCNC(=O)OC(C)(C)C)c2cc1C. The molecule has 0 unspecified atom stereocenters. The highest BCUT2D eigenvalue weighted by Gasteiger charge is 2.18. The Morgan fingerprint density at radius 3 is 2.05 bits per heavy atom. The lowest BCUT2D eigenvalue weighted by atomic mass is 10.1. The zero-order valence-electron chi connectivity index (χ0n) is 24.3. The van der Waals surface area contributed by atoms with E-state index in [9.17, 15) is 19.2 Å². The Hall–Kier alpha value is -3.96. The number of likely N-dealkylation sites (N-methyl/N-ethyl adjacent to an activating group) is 1. The van der Waals surface area contributed by atoms with Crippen molar-refractivity contribution in [1.82, 2.24) is 25.1 Å². The molecule has 214 valence electrons. The molecule has 1 aromatic carbocycles. The molecule has 2 aromatic rings. The summed E-state index contributed by atoms with van der Waals surface area (Å²) in [6.07, 6.45) is -0.637. The molecule has 1 heterocycles. The molecule has 2 rings (SSSR count). The number of aldehydes is 1. The number of carbonyl (C=O) groups excluding carboxylic acids is 4. The predicted octanol–water partition coefficient (Wildman–Crippen LogP) is 3.47. The van der Waals surface area contributed by atoms with Crippen molar-refractivity contribution in [2.75, 3.05) is 26.7 Å². The molecule has 0 atom stereocenters. The average Bonchev–Trinajstić information content (AvgIpc) is 2.78. The van der Waals surface area contributed by atoms with Crippen LogP contribution in [0.4, 0.5) is 14.4 Å². The number of urea groups is 1. The van der Waals surface area contributed by atoms with Crippen LogP contribution in [0.2, 0.25) is 0 Å². The van der Waals surface area contributed by atoms with Crippen molar-refractivity contribution in [1.29, 1.82) is 0 Å². The standard InChI is InChI=1S/C27H40N6O6/c1-17-14-19-21(15-18(17)2)33(13-11-29-25(37)39-27(6,7)8)22(20(16-34)30-19)31-23(35)32(9)12-10-28-24(36)38-26(3,4)5/h14-16H,10-13H2,1-9H3,(H,28,36)(H,29,37)/b31-22+. The van der Waals surface area contributed by atoms with Gasteiger partial charge >= 0.3 is 18.2 Å². The van der Waals surface area contributed by atoms with Crippen molar-refractivity contribution in [3.63, 3.8) is 0 Å². The third kappa shape index (κ3) is 9.69. The van der Waals surface area contributed by atoms with Gasteiger partial charge in [-0.05, 0) is 78.6 Å². The minimum absolute atomic E-state index is 0.0170. The van der Waals surface area contributed by atoms with Gasteiger partial charge in [0, 0.05) is 33.2 Å². The number of nitrogens with one attached hydrogen (secondary N) is 2. The van der Waals surface area contributed by atoms with Crippen LogP contribution in [-0.2, 0) is 16.0 Å². The maximum Gasteiger partial charge on any atom is 0.407 e. The fourth-order valence-electron chi connectivity index (χ4n) is 3.44. The first-order valence-electron chi connectivity index (χ1n) is 12.7. The lowest BCUT2D eigenvalue weighted by molar-refractivity contribution is 0.0514. The van der Waals surface area contributed by atoms with E-state index in [-0.39, 0.29) is 37.4 Å². The van der Waals surface area contributed by atoms with E-state index in [1.807, 2.05) is 26.0 Å². The highest BCUT2D eigenvalue weighted by molar-refractivity contribution is 5.83. The van der Waals surface area contributed by atoms with Crippen LogP contribution in [0.25, 0.3) is 11.0 Å². The Balaban J connectivity index is 2.38. The number of amides is 4. The lowest BCUT2D eigenvalue weighted by Gasteiger charge is -2.21. The highest BCUT2D eigenvalue weighted by Crippen LogP contribution is 2.17. The second kappa shape index (κ2) is 12.7. The molecular weight excluding hydrogens is 504 g/mol. The lowest BCUT2D eigenvalue weighted by Crippen LogP contribution is -2.39. The summed E-state index contributed by atoms with van der Waals surface area (Å²) >= 11 is 0. The molecule has 2 N–H and O–H groups in total. The largest absolute Gasteiger partial charge is 0.444 e. The van der Waals surface area contributed by atoms with E-state index in [1.54, 1.807) is 46.1 Å². The Morgan fingerprint density at radius 2 is 1.51 bits per heavy atom. The van der Waals surface area contributed by atoms with Gasteiger partial charge in [-0.1, -0.05) is 0 Å². The summed E-state index contributed by atoms with van der Waals surface area (Å²) in [5.41, 5.74) is 1.92. The van der Waals surface area contributed by atoms with E-state index in [2.05, 4.69) is 20.6 Å². The molecule has 0 aliphatic rings. The zero-order valence-corrected chi connectivity index (χ0v) is 24.3. The third-order valence-electron chi connectivity index (χ3n) is 5.37. The second-order valence-corrected chi connectivity index (χ2v) is 11.2. The summed E-state index contributed by atoms with van der Waals surface area (Å²) in [5.74, 6) is 0.